The minimum absolute atomic E-state index is 0.0663. The van der Waals surface area contributed by atoms with Crippen LogP contribution in [-0.4, -0.2) is 33.6 Å². The van der Waals surface area contributed by atoms with Gasteiger partial charge in [0.15, 0.2) is 5.76 Å². The number of hydrogen-bond acceptors (Lipinski definition) is 4. The molecule has 0 saturated heterocycles. The summed E-state index contributed by atoms with van der Waals surface area (Å²) in [7, 11) is 0. The predicted octanol–water partition coefficient (Wildman–Crippen LogP) is 2.53. The summed E-state index contributed by atoms with van der Waals surface area (Å²) in [6.45, 7) is 1.77. The minimum Gasteiger partial charge on any atom is -0.459 e. The topological polar surface area (TPSA) is 66.0 Å². The van der Waals surface area contributed by atoms with Crippen LogP contribution in [0, 0.1) is 0 Å². The second-order valence-electron chi connectivity index (χ2n) is 4.50. The van der Waals surface area contributed by atoms with Crippen LogP contribution in [0.4, 0.5) is 13.2 Å². The third-order valence-corrected chi connectivity index (χ3v) is 2.96. The lowest BCUT2D eigenvalue weighted by Crippen LogP contribution is -2.56. The molecule has 1 aliphatic heterocycles. The van der Waals surface area contributed by atoms with Gasteiger partial charge < -0.3 is 9.52 Å². The van der Waals surface area contributed by atoms with E-state index in [9.17, 15) is 23.1 Å². The first kappa shape index (κ1) is 14.6. The molecule has 1 aromatic rings. The summed E-state index contributed by atoms with van der Waals surface area (Å²) in [6.07, 6.45) is -3.74. The lowest BCUT2D eigenvalue weighted by atomic mass is 10.0. The van der Waals surface area contributed by atoms with Crippen molar-refractivity contribution in [2.24, 2.45) is 5.10 Å². The van der Waals surface area contributed by atoms with E-state index in [-0.39, 0.29) is 22.9 Å². The fraction of sp³-hybridized carbons (Fsp3) is 0.500. The quantitative estimate of drug-likeness (QED) is 0.930. The highest BCUT2D eigenvalue weighted by atomic mass is 19.4. The van der Waals surface area contributed by atoms with Crippen molar-refractivity contribution in [2.45, 2.75) is 38.1 Å². The number of nitrogens with zero attached hydrogens (tertiary/aromatic N) is 2. The molecule has 2 heterocycles. The van der Waals surface area contributed by atoms with Gasteiger partial charge in [0.05, 0.1) is 6.26 Å². The van der Waals surface area contributed by atoms with E-state index in [0.717, 1.165) is 6.26 Å². The van der Waals surface area contributed by atoms with E-state index >= 15 is 0 Å². The van der Waals surface area contributed by atoms with Crippen LogP contribution in [0.25, 0.3) is 0 Å². The van der Waals surface area contributed by atoms with Crippen LogP contribution in [-0.2, 0) is 0 Å². The fourth-order valence-electron chi connectivity index (χ4n) is 1.98. The molecule has 1 atom stereocenters. The molecular weight excluding hydrogens is 277 g/mol. The van der Waals surface area contributed by atoms with E-state index in [1.54, 1.807) is 6.92 Å². The summed E-state index contributed by atoms with van der Waals surface area (Å²) < 4.78 is 44.0. The van der Waals surface area contributed by atoms with Crippen LogP contribution in [0.3, 0.4) is 0 Å². The average molecular weight is 290 g/mol. The van der Waals surface area contributed by atoms with Gasteiger partial charge in [-0.15, -0.1) is 0 Å². The van der Waals surface area contributed by atoms with Gasteiger partial charge in [-0.1, -0.05) is 13.3 Å². The number of carbonyl (C=O) groups is 1. The second-order valence-corrected chi connectivity index (χ2v) is 4.50. The Balaban J connectivity index is 2.37. The van der Waals surface area contributed by atoms with Gasteiger partial charge in [0, 0.05) is 12.1 Å². The smallest absolute Gasteiger partial charge is 0.438 e. The van der Waals surface area contributed by atoms with Crippen LogP contribution < -0.4 is 0 Å². The van der Waals surface area contributed by atoms with Gasteiger partial charge in [-0.25, -0.2) is 0 Å². The molecule has 1 N–H and O–H groups in total. The van der Waals surface area contributed by atoms with Crippen molar-refractivity contribution in [3.63, 3.8) is 0 Å². The molecule has 0 radical (unpaired) electrons. The van der Waals surface area contributed by atoms with Crippen LogP contribution >= 0.6 is 0 Å². The average Bonchev–Trinajstić information content (AvgIpc) is 2.96. The molecule has 1 amide bonds. The minimum atomic E-state index is -5.01. The Hall–Kier alpha value is -1.83. The van der Waals surface area contributed by atoms with E-state index in [2.05, 4.69) is 5.10 Å². The van der Waals surface area contributed by atoms with Crippen molar-refractivity contribution in [3.05, 3.63) is 24.2 Å². The Kier molecular flexibility index (Phi) is 3.59. The number of hydrogen-bond donors (Lipinski definition) is 1. The maximum absolute atomic E-state index is 13.1. The molecule has 8 heteroatoms. The van der Waals surface area contributed by atoms with Crippen molar-refractivity contribution >= 4 is 11.6 Å². The first-order valence-electron chi connectivity index (χ1n) is 6.03. The van der Waals surface area contributed by atoms with Crippen LogP contribution in [0.2, 0.25) is 0 Å². The molecule has 110 valence electrons. The molecule has 0 aromatic carbocycles. The number of alkyl halides is 3. The molecule has 5 nitrogen and oxygen atoms in total. The highest BCUT2D eigenvalue weighted by Crippen LogP contribution is 2.41. The van der Waals surface area contributed by atoms with Crippen molar-refractivity contribution in [1.29, 1.82) is 0 Å². The largest absolute Gasteiger partial charge is 0.459 e. The Morgan fingerprint density at radius 1 is 1.60 bits per heavy atom. The molecule has 20 heavy (non-hydrogen) atoms. The van der Waals surface area contributed by atoms with E-state index in [4.69, 9.17) is 4.42 Å². The van der Waals surface area contributed by atoms with Gasteiger partial charge in [-0.2, -0.15) is 23.3 Å². The number of aliphatic hydroxyl groups is 1. The Morgan fingerprint density at radius 2 is 2.30 bits per heavy atom. The molecule has 1 aromatic heterocycles. The Bertz CT molecular complexity index is 525. The maximum Gasteiger partial charge on any atom is 0.438 e. The first-order valence-corrected chi connectivity index (χ1v) is 6.03. The summed E-state index contributed by atoms with van der Waals surface area (Å²) in [5, 5.41) is 13.6. The SMILES string of the molecule is CCCC1=NN(C(=O)c2ccco2)[C@@](O)(C(F)(F)F)C1. The number of carbonyl (C=O) groups excluding carboxylic acids is 1. The van der Waals surface area contributed by atoms with Gasteiger partial charge >= 0.3 is 12.1 Å². The lowest BCUT2D eigenvalue weighted by molar-refractivity contribution is -0.297. The molecule has 0 spiro atoms. The highest BCUT2D eigenvalue weighted by molar-refractivity contribution is 5.96. The summed E-state index contributed by atoms with van der Waals surface area (Å²) >= 11 is 0. The summed E-state index contributed by atoms with van der Waals surface area (Å²) in [5.41, 5.74) is -3.19. The molecule has 0 aliphatic carbocycles. The molecule has 1 aliphatic rings. The molecule has 0 saturated carbocycles. The second kappa shape index (κ2) is 4.93. The third-order valence-electron chi connectivity index (χ3n) is 2.96. The molecular formula is C12H13F3N2O3. The van der Waals surface area contributed by atoms with Crippen LogP contribution in [0.1, 0.15) is 36.7 Å². The van der Waals surface area contributed by atoms with Gasteiger partial charge in [0.2, 0.25) is 0 Å². The predicted molar refractivity (Wildman–Crippen MR) is 62.8 cm³/mol. The van der Waals surface area contributed by atoms with Crippen LogP contribution in [0.15, 0.2) is 27.9 Å². The first-order chi connectivity index (χ1) is 9.29. The molecule has 2 rings (SSSR count). The van der Waals surface area contributed by atoms with Gasteiger partial charge in [0.25, 0.3) is 5.72 Å². The Labute approximate surface area is 112 Å². The van der Waals surface area contributed by atoms with Gasteiger partial charge in [0.1, 0.15) is 0 Å². The highest BCUT2D eigenvalue weighted by Gasteiger charge is 2.63. The van der Waals surface area contributed by atoms with E-state index in [0.29, 0.717) is 6.42 Å². The monoisotopic (exact) mass is 290 g/mol. The van der Waals surface area contributed by atoms with Gasteiger partial charge in [-0.3, -0.25) is 4.79 Å². The number of halogens is 3. The van der Waals surface area contributed by atoms with Crippen molar-refractivity contribution in [2.75, 3.05) is 0 Å². The zero-order valence-corrected chi connectivity index (χ0v) is 10.6. The third kappa shape index (κ3) is 2.31. The number of hydrazone groups is 1. The summed E-state index contributed by atoms with van der Waals surface area (Å²) in [4.78, 5) is 12.0. The van der Waals surface area contributed by atoms with E-state index < -0.39 is 24.2 Å². The fourth-order valence-corrected chi connectivity index (χ4v) is 1.98. The number of amides is 1. The van der Waals surface area contributed by atoms with Crippen molar-refractivity contribution < 1.29 is 27.5 Å². The number of rotatable bonds is 3. The van der Waals surface area contributed by atoms with Gasteiger partial charge in [-0.05, 0) is 18.6 Å². The Morgan fingerprint density at radius 3 is 2.80 bits per heavy atom. The summed E-state index contributed by atoms with van der Waals surface area (Å²) in [5.74, 6) is -1.44. The molecule has 0 bridgehead atoms. The van der Waals surface area contributed by atoms with Crippen LogP contribution in [0.5, 0.6) is 0 Å². The molecule has 0 fully saturated rings. The molecule has 0 unspecified atom stereocenters. The normalized spacial score (nSPS) is 23.1. The van der Waals surface area contributed by atoms with E-state index in [1.165, 1.54) is 12.1 Å². The standard InChI is InChI=1S/C12H13F3N2O3/c1-2-4-8-7-11(19,12(13,14)15)17(16-8)10(18)9-5-3-6-20-9/h3,5-6,19H,2,4,7H2,1H3/t11-/m0/s1. The zero-order valence-electron chi connectivity index (χ0n) is 10.6. The van der Waals surface area contributed by atoms with E-state index in [1.807, 2.05) is 0 Å². The maximum atomic E-state index is 13.1. The van der Waals surface area contributed by atoms with Crippen molar-refractivity contribution in [3.8, 4) is 0 Å². The lowest BCUT2D eigenvalue weighted by Gasteiger charge is -2.32. The van der Waals surface area contributed by atoms with Crippen molar-refractivity contribution in [1.82, 2.24) is 5.01 Å². The zero-order chi connectivity index (χ0) is 15.0. The summed E-state index contributed by atoms with van der Waals surface area (Å²) in [6, 6.07) is 2.58. The number of furan rings is 1.